The molecule has 0 amide bonds. The molecule has 1 aliphatic rings. The van der Waals surface area contributed by atoms with Gasteiger partial charge in [-0.2, -0.15) is 4.31 Å². The Bertz CT molecular complexity index is 3230. The number of piperidine rings is 1. The highest BCUT2D eigenvalue weighted by Gasteiger charge is 2.43. The molecule has 0 atom stereocenters. The highest BCUT2D eigenvalue weighted by atomic mass is 32.2. The molecular formula is C69H73NO7S. The molecule has 78 heavy (non-hydrogen) atoms. The average molecular weight is 1060 g/mol. The monoisotopic (exact) mass is 1060 g/mol. The quantitative estimate of drug-likeness (QED) is 0.0789. The lowest BCUT2D eigenvalue weighted by Gasteiger charge is -2.40. The van der Waals surface area contributed by atoms with Gasteiger partial charge in [0.1, 0.15) is 47.8 Å². The summed E-state index contributed by atoms with van der Waals surface area (Å²) < 4.78 is 44.4. The maximum absolute atomic E-state index is 12.9. The molecule has 8 nitrogen and oxygen atoms in total. The van der Waals surface area contributed by atoms with Crippen molar-refractivity contribution < 1.29 is 32.2 Å². The van der Waals surface area contributed by atoms with E-state index in [1.165, 1.54) is 32.1 Å². The van der Waals surface area contributed by atoms with Crippen LogP contribution in [0, 0.1) is 6.92 Å². The molecule has 0 N–H and O–H groups in total. The second-order valence-corrected chi connectivity index (χ2v) is 21.7. The molecule has 0 saturated carbocycles. The first-order chi connectivity index (χ1) is 37.6. The molecule has 402 valence electrons. The first-order valence-corrected chi connectivity index (χ1v) is 27.8. The fourth-order valence-electron chi connectivity index (χ4n) is 8.80. The summed E-state index contributed by atoms with van der Waals surface area (Å²) in [6, 6.07) is 70.6. The van der Waals surface area contributed by atoms with Crippen LogP contribution in [0.5, 0.6) is 23.0 Å². The van der Waals surface area contributed by atoms with Gasteiger partial charge >= 0.3 is 0 Å². The van der Waals surface area contributed by atoms with Crippen LogP contribution >= 0.6 is 0 Å². The van der Waals surface area contributed by atoms with Gasteiger partial charge in [-0.3, -0.25) is 9.59 Å². The predicted octanol–water partition coefficient (Wildman–Crippen LogP) is 15.7. The van der Waals surface area contributed by atoms with E-state index in [-0.39, 0.29) is 11.6 Å². The van der Waals surface area contributed by atoms with E-state index >= 15 is 0 Å². The summed E-state index contributed by atoms with van der Waals surface area (Å²) in [5.41, 5.74) is 9.55. The highest BCUT2D eigenvalue weighted by molar-refractivity contribution is 7.89. The molecular weight excluding hydrogens is 987 g/mol. The minimum Gasteiger partial charge on any atom is -0.489 e. The number of benzene rings is 8. The van der Waals surface area contributed by atoms with E-state index in [1.807, 2.05) is 178 Å². The predicted molar refractivity (Wildman–Crippen MR) is 317 cm³/mol. The molecule has 0 aliphatic carbocycles. The molecule has 0 radical (unpaired) electrons. The molecule has 1 heterocycles. The smallest absolute Gasteiger partial charge is 0.243 e. The van der Waals surface area contributed by atoms with Crippen LogP contribution in [-0.4, -0.2) is 37.4 Å². The van der Waals surface area contributed by atoms with Crippen LogP contribution in [0.25, 0.3) is 0 Å². The molecule has 1 fully saturated rings. The van der Waals surface area contributed by atoms with Crippen molar-refractivity contribution in [1.82, 2.24) is 4.31 Å². The molecule has 8 aromatic rings. The van der Waals surface area contributed by atoms with Crippen LogP contribution in [0.3, 0.4) is 0 Å². The van der Waals surface area contributed by atoms with E-state index in [0.29, 0.717) is 50.5 Å². The summed E-state index contributed by atoms with van der Waals surface area (Å²) >= 11 is 0. The third-order valence-corrected chi connectivity index (χ3v) is 14.9. The Balaban J connectivity index is 0.000000170. The second kappa shape index (κ2) is 30.0. The first kappa shape index (κ1) is 59.1. The Hall–Kier alpha value is -8.11. The number of para-hydroxylation sites is 2. The maximum atomic E-state index is 12.9. The van der Waals surface area contributed by atoms with E-state index in [9.17, 15) is 18.0 Å². The molecule has 0 unspecified atom stereocenters. The number of allylic oxidation sites excluding steroid dienone is 2. The Kier molecular flexibility index (Phi) is 22.7. The van der Waals surface area contributed by atoms with Crippen molar-refractivity contribution in [2.24, 2.45) is 0 Å². The molecule has 0 aromatic heterocycles. The number of aryl methyl sites for hydroxylation is 1. The number of carbonyl (C=O) groups is 2. The summed E-state index contributed by atoms with van der Waals surface area (Å²) in [7, 11) is -3.51. The number of hydrogen-bond donors (Lipinski definition) is 0. The number of rotatable bonds is 18. The summed E-state index contributed by atoms with van der Waals surface area (Å²) in [5.74, 6) is 3.67. The summed E-state index contributed by atoms with van der Waals surface area (Å²) in [4.78, 5) is 23.9. The zero-order valence-electron chi connectivity index (χ0n) is 45.8. The first-order valence-electron chi connectivity index (χ1n) is 26.3. The Morgan fingerprint density at radius 2 is 0.923 bits per heavy atom. The van der Waals surface area contributed by atoms with Crippen molar-refractivity contribution in [3.05, 3.63) is 282 Å². The van der Waals surface area contributed by atoms with Gasteiger partial charge in [-0.1, -0.05) is 194 Å². The zero-order chi connectivity index (χ0) is 55.8. The number of hydrogen-bond acceptors (Lipinski definition) is 7. The fraction of sp³-hybridized carbons (Fsp3) is 0.217. The zero-order valence-corrected chi connectivity index (χ0v) is 46.6. The van der Waals surface area contributed by atoms with Gasteiger partial charge in [0, 0.05) is 25.1 Å². The summed E-state index contributed by atoms with van der Waals surface area (Å²) in [5, 5.41) is 0. The van der Waals surface area contributed by atoms with E-state index in [2.05, 4.69) is 49.6 Å². The minimum atomic E-state index is -3.51. The van der Waals surface area contributed by atoms with Gasteiger partial charge in [-0.15, -0.1) is 0 Å². The lowest BCUT2D eigenvalue weighted by molar-refractivity contribution is -0.124. The standard InChI is InChI=1S/C20H23NO3S.C17H18O.C16H16O2.C16H16O/c1-16-8-10-19(11-9-16)25(23,24)21-14-12-20(13-15-21,17(2)22)18-6-4-3-5-7-18;1-14(2)12-15-8-10-17(11-9-15)18-13-16-6-4-3-5-7-16;1-13(17)11-15-9-5-6-10-16(15)18-12-14-7-3-2-4-8-14;1-13(2)12-14-8-10-16(11-9-14)17-15-6-4-3-5-7-15/h3-11H,12-15H2,1-2H3;3-11H,1,12-13H2,2H3;2-10H,11-12H2,1H3;3-11H,1,12H2,2H3. The van der Waals surface area contributed by atoms with Gasteiger partial charge in [-0.25, -0.2) is 8.42 Å². The number of carbonyl (C=O) groups excluding carboxylic acids is 2. The van der Waals surface area contributed by atoms with Crippen molar-refractivity contribution in [3.63, 3.8) is 0 Å². The number of Topliss-reactive ketones (excluding diaryl/α,β-unsaturated/α-hetero) is 2. The van der Waals surface area contributed by atoms with E-state index in [0.717, 1.165) is 58.1 Å². The Morgan fingerprint density at radius 1 is 0.487 bits per heavy atom. The fourth-order valence-corrected chi connectivity index (χ4v) is 10.2. The number of ether oxygens (including phenoxy) is 3. The second-order valence-electron chi connectivity index (χ2n) is 19.7. The normalized spacial score (nSPS) is 12.6. The summed E-state index contributed by atoms with van der Waals surface area (Å²) in [6.45, 7) is 18.9. The number of nitrogens with zero attached hydrogens (tertiary/aromatic N) is 1. The molecule has 1 aliphatic heterocycles. The minimum absolute atomic E-state index is 0.103. The highest BCUT2D eigenvalue weighted by Crippen LogP contribution is 2.38. The van der Waals surface area contributed by atoms with Gasteiger partial charge in [0.05, 0.1) is 10.3 Å². The van der Waals surface area contributed by atoms with Crippen LogP contribution in [0.1, 0.15) is 79.5 Å². The molecule has 1 saturated heterocycles. The van der Waals surface area contributed by atoms with Crippen molar-refractivity contribution in [3.8, 4) is 23.0 Å². The SMILES string of the molecule is C=C(C)Cc1ccc(OCc2ccccc2)cc1.C=C(C)Cc1ccc(Oc2ccccc2)cc1.CC(=O)C1(c2ccccc2)CCN(S(=O)(=O)c2ccc(C)cc2)CC1.CC(=O)Cc1ccccc1OCc1ccccc1. The number of sulfonamides is 1. The van der Waals surface area contributed by atoms with Gasteiger partial charge in [0.2, 0.25) is 10.0 Å². The van der Waals surface area contributed by atoms with Crippen molar-refractivity contribution in [2.75, 3.05) is 13.1 Å². The van der Waals surface area contributed by atoms with Gasteiger partial charge in [-0.05, 0) is 143 Å². The number of ketones is 2. The van der Waals surface area contributed by atoms with Crippen LogP contribution in [0.15, 0.2) is 248 Å². The lowest BCUT2D eigenvalue weighted by atomic mass is 9.70. The van der Waals surface area contributed by atoms with Crippen LogP contribution in [-0.2, 0) is 57.5 Å². The molecule has 9 heteroatoms. The van der Waals surface area contributed by atoms with Gasteiger partial charge in [0.25, 0.3) is 0 Å². The van der Waals surface area contributed by atoms with Crippen LogP contribution in [0.4, 0.5) is 0 Å². The van der Waals surface area contributed by atoms with Crippen LogP contribution < -0.4 is 14.2 Å². The van der Waals surface area contributed by atoms with Crippen LogP contribution in [0.2, 0.25) is 0 Å². The van der Waals surface area contributed by atoms with Crippen molar-refractivity contribution >= 4 is 21.6 Å². The van der Waals surface area contributed by atoms with E-state index in [4.69, 9.17) is 14.2 Å². The molecule has 0 spiro atoms. The molecule has 9 rings (SSSR count). The van der Waals surface area contributed by atoms with Crippen molar-refractivity contribution in [1.29, 1.82) is 0 Å². The topological polar surface area (TPSA) is 99.2 Å². The Morgan fingerprint density at radius 3 is 1.41 bits per heavy atom. The third kappa shape index (κ3) is 18.9. The maximum Gasteiger partial charge on any atom is 0.243 e. The van der Waals surface area contributed by atoms with E-state index in [1.54, 1.807) is 38.1 Å². The lowest BCUT2D eigenvalue weighted by Crippen LogP contribution is -2.48. The largest absolute Gasteiger partial charge is 0.489 e. The van der Waals surface area contributed by atoms with Crippen molar-refractivity contribution in [2.45, 2.75) is 90.2 Å². The molecule has 0 bridgehead atoms. The average Bonchev–Trinajstić information content (AvgIpc) is 3.55. The Labute approximate surface area is 463 Å². The molecule has 8 aromatic carbocycles. The van der Waals surface area contributed by atoms with Gasteiger partial charge in [0.15, 0.2) is 0 Å². The van der Waals surface area contributed by atoms with Gasteiger partial charge < -0.3 is 14.2 Å². The third-order valence-electron chi connectivity index (χ3n) is 13.0. The van der Waals surface area contributed by atoms with E-state index < -0.39 is 15.4 Å². The summed E-state index contributed by atoms with van der Waals surface area (Å²) in [6.07, 6.45) is 3.30.